The number of hydrogen-bond acceptors (Lipinski definition) is 5. The van der Waals surface area contributed by atoms with Gasteiger partial charge >= 0.3 is 0 Å². The van der Waals surface area contributed by atoms with Crippen LogP contribution in [0.25, 0.3) is 11.0 Å². The molecule has 4 rings (SSSR count). The molecule has 0 saturated carbocycles. The largest absolute Gasteiger partial charge is 0.473 e. The Labute approximate surface area is 157 Å². The first-order chi connectivity index (χ1) is 13.2. The van der Waals surface area contributed by atoms with E-state index in [9.17, 15) is 0 Å². The van der Waals surface area contributed by atoms with Gasteiger partial charge < -0.3 is 14.6 Å². The molecule has 2 heterocycles. The van der Waals surface area contributed by atoms with E-state index in [2.05, 4.69) is 45.0 Å². The number of ether oxygens (including phenoxy) is 1. The van der Waals surface area contributed by atoms with Crippen molar-refractivity contribution in [3.05, 3.63) is 77.7 Å². The van der Waals surface area contributed by atoms with Crippen molar-refractivity contribution in [3.8, 4) is 5.88 Å². The molecule has 0 unspecified atom stereocenters. The topological polar surface area (TPSA) is 64.9 Å². The van der Waals surface area contributed by atoms with Gasteiger partial charge in [0.05, 0.1) is 17.6 Å². The first-order valence-electron chi connectivity index (χ1n) is 8.84. The highest BCUT2D eigenvalue weighted by Gasteiger charge is 2.08. The Morgan fingerprint density at radius 2 is 1.89 bits per heavy atom. The zero-order valence-corrected chi connectivity index (χ0v) is 15.4. The van der Waals surface area contributed by atoms with Crippen LogP contribution < -0.4 is 10.1 Å². The Bertz CT molecular complexity index is 1060. The van der Waals surface area contributed by atoms with Gasteiger partial charge in [0.1, 0.15) is 12.4 Å². The number of anilines is 1. The summed E-state index contributed by atoms with van der Waals surface area (Å²) in [5, 5.41) is 3.23. The highest BCUT2D eigenvalue weighted by atomic mass is 16.5. The minimum absolute atomic E-state index is 0.474. The normalized spacial score (nSPS) is 10.9. The first-order valence-corrected chi connectivity index (χ1v) is 8.84. The number of fused-ring (bicyclic) bond motifs is 1. The number of aryl methyl sites for hydroxylation is 2. The van der Waals surface area contributed by atoms with Crippen molar-refractivity contribution in [1.82, 2.24) is 19.5 Å². The quantitative estimate of drug-likeness (QED) is 0.566. The zero-order chi connectivity index (χ0) is 18.6. The van der Waals surface area contributed by atoms with E-state index in [-0.39, 0.29) is 0 Å². The van der Waals surface area contributed by atoms with Gasteiger partial charge in [-0.1, -0.05) is 36.4 Å². The summed E-state index contributed by atoms with van der Waals surface area (Å²) in [5.41, 5.74) is 4.40. The van der Waals surface area contributed by atoms with E-state index in [4.69, 9.17) is 9.72 Å². The van der Waals surface area contributed by atoms with Gasteiger partial charge in [-0.3, -0.25) is 0 Å². The molecule has 0 aliphatic heterocycles. The molecule has 0 saturated heterocycles. The van der Waals surface area contributed by atoms with Crippen molar-refractivity contribution in [2.75, 3.05) is 5.32 Å². The van der Waals surface area contributed by atoms with Crippen molar-refractivity contribution < 1.29 is 4.74 Å². The van der Waals surface area contributed by atoms with Crippen molar-refractivity contribution in [3.63, 3.8) is 0 Å². The van der Waals surface area contributed by atoms with E-state index in [0.29, 0.717) is 25.0 Å². The number of hydrogen-bond donors (Lipinski definition) is 1. The van der Waals surface area contributed by atoms with Gasteiger partial charge in [-0.2, -0.15) is 4.98 Å². The molecule has 0 aliphatic carbocycles. The summed E-state index contributed by atoms with van der Waals surface area (Å²) in [7, 11) is 2.02. The number of nitrogens with zero attached hydrogens (tertiary/aromatic N) is 4. The summed E-state index contributed by atoms with van der Waals surface area (Å²) in [6, 6.07) is 18.0. The molecule has 2 aromatic carbocycles. The molecular formula is C21H21N5O. The molecule has 6 heteroatoms. The maximum Gasteiger partial charge on any atom is 0.226 e. The van der Waals surface area contributed by atoms with Crippen LogP contribution in [-0.2, 0) is 20.2 Å². The Balaban J connectivity index is 1.43. The van der Waals surface area contributed by atoms with Crippen LogP contribution >= 0.6 is 0 Å². The van der Waals surface area contributed by atoms with E-state index < -0.39 is 0 Å². The zero-order valence-electron chi connectivity index (χ0n) is 15.4. The number of benzene rings is 2. The number of imidazole rings is 1. The molecule has 27 heavy (non-hydrogen) atoms. The average Bonchev–Trinajstić information content (AvgIpc) is 3.01. The average molecular weight is 359 g/mol. The van der Waals surface area contributed by atoms with Crippen LogP contribution in [0.5, 0.6) is 5.88 Å². The van der Waals surface area contributed by atoms with Crippen LogP contribution in [0, 0.1) is 6.92 Å². The first kappa shape index (κ1) is 17.0. The molecule has 1 N–H and O–H groups in total. The van der Waals surface area contributed by atoms with Crippen molar-refractivity contribution in [2.24, 2.45) is 7.05 Å². The second-order valence-corrected chi connectivity index (χ2v) is 6.43. The molecule has 0 aliphatic rings. The maximum absolute atomic E-state index is 5.76. The van der Waals surface area contributed by atoms with Crippen LogP contribution in [0.1, 0.15) is 17.0 Å². The summed E-state index contributed by atoms with van der Waals surface area (Å²) in [4.78, 5) is 13.4. The molecule has 4 aromatic rings. The lowest BCUT2D eigenvalue weighted by molar-refractivity contribution is 0.293. The lowest BCUT2D eigenvalue weighted by atomic mass is 10.2. The molecule has 0 bridgehead atoms. The van der Waals surface area contributed by atoms with E-state index in [1.165, 1.54) is 5.56 Å². The SMILES string of the molecule is Cc1ccc2c(c1)nc(CNc1nccc(OCc3ccccc3)n1)n2C. The second kappa shape index (κ2) is 7.45. The van der Waals surface area contributed by atoms with Crippen LogP contribution in [0.15, 0.2) is 60.8 Å². The molecule has 0 atom stereocenters. The van der Waals surface area contributed by atoms with Crippen molar-refractivity contribution in [2.45, 2.75) is 20.1 Å². The summed E-state index contributed by atoms with van der Waals surface area (Å²) in [6.45, 7) is 3.08. The third-order valence-corrected chi connectivity index (χ3v) is 4.39. The third-order valence-electron chi connectivity index (χ3n) is 4.39. The van der Waals surface area contributed by atoms with Crippen molar-refractivity contribution in [1.29, 1.82) is 0 Å². The lowest BCUT2D eigenvalue weighted by Crippen LogP contribution is -2.08. The minimum atomic E-state index is 0.474. The summed E-state index contributed by atoms with van der Waals surface area (Å²) < 4.78 is 7.84. The smallest absolute Gasteiger partial charge is 0.226 e. The van der Waals surface area contributed by atoms with E-state index in [0.717, 1.165) is 22.4 Å². The molecule has 0 spiro atoms. The Kier molecular flexibility index (Phi) is 4.70. The molecule has 2 aromatic heterocycles. The van der Waals surface area contributed by atoms with E-state index >= 15 is 0 Å². The molecule has 6 nitrogen and oxygen atoms in total. The molecular weight excluding hydrogens is 338 g/mol. The van der Waals surface area contributed by atoms with Gasteiger partial charge in [-0.05, 0) is 30.2 Å². The van der Waals surface area contributed by atoms with Gasteiger partial charge in [0.25, 0.3) is 0 Å². The summed E-state index contributed by atoms with van der Waals surface area (Å²) in [6.07, 6.45) is 1.69. The number of aromatic nitrogens is 4. The number of rotatable bonds is 6. The second-order valence-electron chi connectivity index (χ2n) is 6.43. The molecule has 0 radical (unpaired) electrons. The van der Waals surface area contributed by atoms with Gasteiger partial charge in [0.15, 0.2) is 0 Å². The molecule has 0 fully saturated rings. The Morgan fingerprint density at radius 1 is 1.04 bits per heavy atom. The van der Waals surface area contributed by atoms with E-state index in [1.807, 2.05) is 37.4 Å². The predicted octanol–water partition coefficient (Wildman–Crippen LogP) is 3.86. The van der Waals surface area contributed by atoms with Crippen LogP contribution in [0.2, 0.25) is 0 Å². The highest BCUT2D eigenvalue weighted by molar-refractivity contribution is 5.76. The summed E-state index contributed by atoms with van der Waals surface area (Å²) in [5.74, 6) is 1.98. The van der Waals surface area contributed by atoms with Crippen LogP contribution in [0.3, 0.4) is 0 Å². The van der Waals surface area contributed by atoms with Crippen molar-refractivity contribution >= 4 is 17.0 Å². The van der Waals surface area contributed by atoms with Gasteiger partial charge in [-0.25, -0.2) is 9.97 Å². The van der Waals surface area contributed by atoms with Gasteiger partial charge in [0.2, 0.25) is 11.8 Å². The Morgan fingerprint density at radius 3 is 2.74 bits per heavy atom. The Hall–Kier alpha value is -3.41. The lowest BCUT2D eigenvalue weighted by Gasteiger charge is -2.08. The fourth-order valence-corrected chi connectivity index (χ4v) is 2.92. The number of nitrogens with one attached hydrogen (secondary N) is 1. The maximum atomic E-state index is 5.76. The monoisotopic (exact) mass is 359 g/mol. The van der Waals surface area contributed by atoms with E-state index in [1.54, 1.807) is 12.3 Å². The molecule has 0 amide bonds. The van der Waals surface area contributed by atoms with Crippen LogP contribution in [-0.4, -0.2) is 19.5 Å². The minimum Gasteiger partial charge on any atom is -0.473 e. The highest BCUT2D eigenvalue weighted by Crippen LogP contribution is 2.17. The summed E-state index contributed by atoms with van der Waals surface area (Å²) >= 11 is 0. The fraction of sp³-hybridized carbons (Fsp3) is 0.190. The fourth-order valence-electron chi connectivity index (χ4n) is 2.92. The van der Waals surface area contributed by atoms with Crippen LogP contribution in [0.4, 0.5) is 5.95 Å². The van der Waals surface area contributed by atoms with Gasteiger partial charge in [-0.15, -0.1) is 0 Å². The van der Waals surface area contributed by atoms with Gasteiger partial charge in [0, 0.05) is 19.3 Å². The third kappa shape index (κ3) is 3.89. The molecule has 136 valence electrons. The predicted molar refractivity (Wildman–Crippen MR) is 106 cm³/mol. The standard InChI is InChI=1S/C21H21N5O/c1-15-8-9-18-17(12-15)24-19(26(18)2)13-23-21-22-11-10-20(25-21)27-14-16-6-4-3-5-7-16/h3-12H,13-14H2,1-2H3,(H,22,23,25).